The molecule has 1 radical (unpaired) electrons. The van der Waals surface area contributed by atoms with Gasteiger partial charge in [-0.25, -0.2) is 4.79 Å². The number of esters is 1. The summed E-state index contributed by atoms with van der Waals surface area (Å²) in [6.07, 6.45) is 9.39. The Morgan fingerprint density at radius 2 is 1.36 bits per heavy atom. The first-order valence-corrected chi connectivity index (χ1v) is 8.58. The van der Waals surface area contributed by atoms with E-state index in [2.05, 4.69) is 32.9 Å². The molecule has 1 heterocycles. The summed E-state index contributed by atoms with van der Waals surface area (Å²) in [5, 5.41) is 14.6. The third-order valence-electron chi connectivity index (χ3n) is 4.80. The molecule has 1 fully saturated rings. The van der Waals surface area contributed by atoms with E-state index in [1.54, 1.807) is 31.2 Å². The number of carbonyl (C=O) groups is 1. The molecule has 137 valence electrons. The number of carbonyl (C=O) groups excluding carboxylic acids is 1. The van der Waals surface area contributed by atoms with Crippen LogP contribution in [-0.4, -0.2) is 28.2 Å². The van der Waals surface area contributed by atoms with Gasteiger partial charge in [0.2, 0.25) is 0 Å². The van der Waals surface area contributed by atoms with Gasteiger partial charge in [-0.15, -0.1) is 36.6 Å². The van der Waals surface area contributed by atoms with Gasteiger partial charge in [0.05, 0.1) is 11.1 Å². The molecule has 4 heteroatoms. The molecular weight excluding hydrogens is 314 g/mol. The van der Waals surface area contributed by atoms with E-state index in [0.717, 1.165) is 0 Å². The molecule has 0 aliphatic carbocycles. The van der Waals surface area contributed by atoms with E-state index in [-0.39, 0.29) is 6.10 Å². The minimum Gasteiger partial charge on any atom is -0.459 e. The Bertz CT molecular complexity index is 495. The molecule has 0 unspecified atom stereocenters. The largest absolute Gasteiger partial charge is 0.459 e. The molecule has 0 saturated carbocycles. The topological polar surface area (TPSA) is 49.4 Å². The molecule has 0 bridgehead atoms. The third-order valence-corrected chi connectivity index (χ3v) is 4.80. The molecule has 1 saturated heterocycles. The first kappa shape index (κ1) is 21.1. The van der Waals surface area contributed by atoms with Crippen molar-refractivity contribution in [1.29, 1.82) is 0 Å². The number of nitrogens with zero attached hydrogens (tertiary/aromatic N) is 1. The van der Waals surface area contributed by atoms with Gasteiger partial charge < -0.3 is 4.74 Å². The maximum absolute atomic E-state index is 13.5. The zero-order valence-corrected chi connectivity index (χ0v) is 15.3. The van der Waals surface area contributed by atoms with Crippen LogP contribution in [0.4, 0.5) is 0 Å². The summed E-state index contributed by atoms with van der Waals surface area (Å²) >= 11 is 0. The van der Waals surface area contributed by atoms with Gasteiger partial charge in [0, 0.05) is 18.4 Å². The fraction of sp³-hybridized carbons (Fsp3) is 0.476. The van der Waals surface area contributed by atoms with Gasteiger partial charge in [-0.2, -0.15) is 0 Å². The SMILES string of the molecule is C=CCC1(CC=C)CC(OC(=O)C(=C)C)CC(CC=C)(CC=C)N1[O]. The van der Waals surface area contributed by atoms with Crippen molar-refractivity contribution in [2.45, 2.75) is 62.6 Å². The van der Waals surface area contributed by atoms with Crippen LogP contribution in [-0.2, 0) is 14.7 Å². The monoisotopic (exact) mass is 344 g/mol. The standard InChI is InChI=1S/C21H30NO3/c1-7-11-20(12-8-2)15-18(25-19(23)17(5)6)16-21(13-9-3,14-10-4)22(20)24/h7-10,18H,1-5,11-16H2,6H3. The highest BCUT2D eigenvalue weighted by Gasteiger charge is 2.54. The second-order valence-electron chi connectivity index (χ2n) is 6.93. The molecule has 1 aliphatic rings. The smallest absolute Gasteiger partial charge is 0.333 e. The van der Waals surface area contributed by atoms with Crippen molar-refractivity contribution in [2.75, 3.05) is 0 Å². The second-order valence-corrected chi connectivity index (χ2v) is 6.93. The number of rotatable bonds is 10. The predicted molar refractivity (Wildman–Crippen MR) is 101 cm³/mol. The van der Waals surface area contributed by atoms with Crippen molar-refractivity contribution in [3.63, 3.8) is 0 Å². The summed E-state index contributed by atoms with van der Waals surface area (Å²) in [7, 11) is 0. The lowest BCUT2D eigenvalue weighted by Gasteiger charge is -2.54. The maximum Gasteiger partial charge on any atom is 0.333 e. The van der Waals surface area contributed by atoms with E-state index in [1.807, 2.05) is 0 Å². The lowest BCUT2D eigenvalue weighted by atomic mass is 9.71. The van der Waals surface area contributed by atoms with Crippen molar-refractivity contribution < 1.29 is 14.7 Å². The Balaban J connectivity index is 3.35. The molecule has 0 aromatic rings. The van der Waals surface area contributed by atoms with Gasteiger partial charge in [-0.1, -0.05) is 30.9 Å². The highest BCUT2D eigenvalue weighted by atomic mass is 16.5. The Morgan fingerprint density at radius 3 is 1.64 bits per heavy atom. The van der Waals surface area contributed by atoms with Crippen LogP contribution in [0.2, 0.25) is 0 Å². The number of hydrogen-bond acceptors (Lipinski definition) is 3. The number of hydrogen-bond donors (Lipinski definition) is 0. The second kappa shape index (κ2) is 8.97. The van der Waals surface area contributed by atoms with Crippen molar-refractivity contribution in [2.24, 2.45) is 0 Å². The molecule has 0 N–H and O–H groups in total. The zero-order chi connectivity index (χ0) is 19.1. The van der Waals surface area contributed by atoms with Crippen molar-refractivity contribution in [3.8, 4) is 0 Å². The maximum atomic E-state index is 13.5. The van der Waals surface area contributed by atoms with E-state index < -0.39 is 17.0 Å². The molecule has 1 aliphatic heterocycles. The molecule has 0 aromatic heterocycles. The van der Waals surface area contributed by atoms with Crippen LogP contribution in [0.25, 0.3) is 0 Å². The number of ether oxygens (including phenoxy) is 1. The molecule has 0 amide bonds. The van der Waals surface area contributed by atoms with Crippen LogP contribution in [0, 0.1) is 0 Å². The van der Waals surface area contributed by atoms with Crippen molar-refractivity contribution >= 4 is 5.97 Å². The molecule has 25 heavy (non-hydrogen) atoms. The fourth-order valence-corrected chi connectivity index (χ4v) is 3.83. The van der Waals surface area contributed by atoms with Crippen molar-refractivity contribution in [1.82, 2.24) is 5.06 Å². The van der Waals surface area contributed by atoms with Crippen molar-refractivity contribution in [3.05, 3.63) is 62.8 Å². The molecule has 0 spiro atoms. The Morgan fingerprint density at radius 1 is 1.00 bits per heavy atom. The normalized spacial score (nSPS) is 19.6. The van der Waals surface area contributed by atoms with Crippen LogP contribution in [0.5, 0.6) is 0 Å². The summed E-state index contributed by atoms with van der Waals surface area (Å²) in [5.41, 5.74) is -1.14. The van der Waals surface area contributed by atoms with Gasteiger partial charge >= 0.3 is 5.97 Å². The van der Waals surface area contributed by atoms with Gasteiger partial charge in [0.25, 0.3) is 0 Å². The summed E-state index contributed by atoms with van der Waals surface area (Å²) < 4.78 is 5.66. The van der Waals surface area contributed by atoms with Gasteiger partial charge in [-0.05, 0) is 32.6 Å². The van der Waals surface area contributed by atoms with E-state index in [1.165, 1.54) is 5.06 Å². The quantitative estimate of drug-likeness (QED) is 0.328. The van der Waals surface area contributed by atoms with E-state index in [0.29, 0.717) is 44.1 Å². The Labute approximate surface area is 151 Å². The molecule has 1 rings (SSSR count). The van der Waals surface area contributed by atoms with E-state index >= 15 is 0 Å². The molecular formula is C21H30NO3. The van der Waals surface area contributed by atoms with E-state index in [4.69, 9.17) is 4.74 Å². The lowest BCUT2D eigenvalue weighted by molar-refractivity contribution is -0.314. The molecule has 0 atom stereocenters. The van der Waals surface area contributed by atoms with Crippen LogP contribution in [0.3, 0.4) is 0 Å². The highest BCUT2D eigenvalue weighted by Crippen LogP contribution is 2.46. The summed E-state index contributed by atoms with van der Waals surface area (Å²) in [4.78, 5) is 12.1. The predicted octanol–water partition coefficient (Wildman–Crippen LogP) is 4.70. The molecule has 4 nitrogen and oxygen atoms in total. The molecule has 0 aromatic carbocycles. The summed E-state index contributed by atoms with van der Waals surface area (Å²) in [6, 6.07) is 0. The van der Waals surface area contributed by atoms with Crippen LogP contribution in [0.15, 0.2) is 62.8 Å². The highest BCUT2D eigenvalue weighted by molar-refractivity contribution is 5.87. The average Bonchev–Trinajstić information content (AvgIpc) is 2.53. The van der Waals surface area contributed by atoms with Crippen LogP contribution in [0.1, 0.15) is 45.4 Å². The lowest BCUT2D eigenvalue weighted by Crippen LogP contribution is -2.64. The average molecular weight is 344 g/mol. The number of piperidine rings is 1. The summed E-state index contributed by atoms with van der Waals surface area (Å²) in [6.45, 7) is 20.5. The van der Waals surface area contributed by atoms with Crippen LogP contribution >= 0.6 is 0 Å². The Kier molecular flexibility index (Phi) is 7.59. The number of hydroxylamine groups is 2. The fourth-order valence-electron chi connectivity index (χ4n) is 3.83. The van der Waals surface area contributed by atoms with Gasteiger partial charge in [-0.3, -0.25) is 0 Å². The Hall–Kier alpha value is -1.91. The first-order chi connectivity index (χ1) is 11.8. The van der Waals surface area contributed by atoms with Crippen LogP contribution < -0.4 is 0 Å². The van der Waals surface area contributed by atoms with E-state index in [9.17, 15) is 10.0 Å². The first-order valence-electron chi connectivity index (χ1n) is 8.58. The van der Waals surface area contributed by atoms with Gasteiger partial charge in [0.1, 0.15) is 6.10 Å². The minimum absolute atomic E-state index is 0.348. The van der Waals surface area contributed by atoms with Gasteiger partial charge in [0.15, 0.2) is 0 Å². The minimum atomic E-state index is -0.742. The third kappa shape index (κ3) is 4.59. The zero-order valence-electron chi connectivity index (χ0n) is 15.3. The summed E-state index contributed by atoms with van der Waals surface area (Å²) in [5.74, 6) is -0.429.